The van der Waals surface area contributed by atoms with E-state index in [1.165, 1.54) is 0 Å². The Labute approximate surface area is 140 Å². The number of para-hydroxylation sites is 1. The van der Waals surface area contributed by atoms with Crippen molar-refractivity contribution in [2.24, 2.45) is 0 Å². The number of fused-ring (bicyclic) bond motifs is 1. The SMILES string of the molecule is O=C(C1Cc2ccccc2O1)N1CCC(Nc2cccnn2)CC1. The van der Waals surface area contributed by atoms with Crippen LogP contribution in [0, 0.1) is 0 Å². The number of nitrogens with zero attached hydrogens (tertiary/aromatic N) is 3. The summed E-state index contributed by atoms with van der Waals surface area (Å²) >= 11 is 0. The normalized spacial score (nSPS) is 20.3. The maximum atomic E-state index is 12.7. The topological polar surface area (TPSA) is 67.3 Å². The first-order chi connectivity index (χ1) is 11.8. The summed E-state index contributed by atoms with van der Waals surface area (Å²) in [6.45, 7) is 1.49. The highest BCUT2D eigenvalue weighted by molar-refractivity contribution is 5.82. The smallest absolute Gasteiger partial charge is 0.263 e. The van der Waals surface area contributed by atoms with Crippen LogP contribution >= 0.6 is 0 Å². The predicted molar refractivity (Wildman–Crippen MR) is 89.8 cm³/mol. The number of hydrogen-bond donors (Lipinski definition) is 1. The van der Waals surface area contributed by atoms with Gasteiger partial charge in [-0.2, -0.15) is 5.10 Å². The van der Waals surface area contributed by atoms with Gasteiger partial charge < -0.3 is 15.0 Å². The summed E-state index contributed by atoms with van der Waals surface area (Å²) in [5.41, 5.74) is 1.12. The monoisotopic (exact) mass is 324 g/mol. The molecule has 124 valence electrons. The fourth-order valence-corrected chi connectivity index (χ4v) is 3.36. The molecular formula is C18H20N4O2. The van der Waals surface area contributed by atoms with Crippen LogP contribution in [0.4, 0.5) is 5.82 Å². The van der Waals surface area contributed by atoms with Crippen LogP contribution in [0.25, 0.3) is 0 Å². The highest BCUT2D eigenvalue weighted by Gasteiger charge is 2.33. The number of carbonyl (C=O) groups excluding carboxylic acids is 1. The van der Waals surface area contributed by atoms with Gasteiger partial charge in [-0.1, -0.05) is 18.2 Å². The standard InChI is InChI=1S/C18H20N4O2/c23-18(16-12-13-4-1-2-5-15(13)24-16)22-10-7-14(8-11-22)20-17-6-3-9-19-21-17/h1-6,9,14,16H,7-8,10-12H2,(H,20,21). The van der Waals surface area contributed by atoms with Crippen molar-refractivity contribution in [2.45, 2.75) is 31.4 Å². The molecule has 2 aromatic rings. The number of anilines is 1. The number of piperidine rings is 1. The lowest BCUT2D eigenvalue weighted by atomic mass is 10.0. The van der Waals surface area contributed by atoms with Gasteiger partial charge in [0.25, 0.3) is 5.91 Å². The summed E-state index contributed by atoms with van der Waals surface area (Å²) in [4.78, 5) is 14.6. The van der Waals surface area contributed by atoms with E-state index in [2.05, 4.69) is 15.5 Å². The Morgan fingerprint density at radius 2 is 2.00 bits per heavy atom. The predicted octanol–water partition coefficient (Wildman–Crippen LogP) is 1.88. The summed E-state index contributed by atoms with van der Waals surface area (Å²) in [6, 6.07) is 12.0. The number of carbonyl (C=O) groups is 1. The second-order valence-corrected chi connectivity index (χ2v) is 6.27. The Morgan fingerprint density at radius 1 is 1.17 bits per heavy atom. The van der Waals surface area contributed by atoms with Crippen LogP contribution in [0.1, 0.15) is 18.4 Å². The van der Waals surface area contributed by atoms with E-state index < -0.39 is 0 Å². The summed E-state index contributed by atoms with van der Waals surface area (Å²) < 4.78 is 5.82. The van der Waals surface area contributed by atoms with Gasteiger partial charge in [0, 0.05) is 31.7 Å². The third kappa shape index (κ3) is 3.04. The van der Waals surface area contributed by atoms with Gasteiger partial charge in [0.1, 0.15) is 11.6 Å². The molecule has 1 fully saturated rings. The van der Waals surface area contributed by atoms with E-state index in [9.17, 15) is 4.79 Å². The first-order valence-corrected chi connectivity index (χ1v) is 8.37. The first-order valence-electron chi connectivity index (χ1n) is 8.37. The number of benzene rings is 1. The largest absolute Gasteiger partial charge is 0.480 e. The van der Waals surface area contributed by atoms with Crippen LogP contribution in [-0.2, 0) is 11.2 Å². The maximum Gasteiger partial charge on any atom is 0.263 e. The lowest BCUT2D eigenvalue weighted by Gasteiger charge is -2.33. The molecule has 0 spiro atoms. The molecule has 0 aliphatic carbocycles. The van der Waals surface area contributed by atoms with E-state index in [1.54, 1.807) is 6.20 Å². The molecule has 0 radical (unpaired) electrons. The Hall–Kier alpha value is -2.63. The van der Waals surface area contributed by atoms with Crippen LogP contribution in [0.2, 0.25) is 0 Å². The number of ether oxygens (including phenoxy) is 1. The lowest BCUT2D eigenvalue weighted by Crippen LogP contribution is -2.47. The Bertz CT molecular complexity index is 689. The van der Waals surface area contributed by atoms with Crippen molar-refractivity contribution in [2.75, 3.05) is 18.4 Å². The molecule has 0 saturated carbocycles. The molecule has 1 aromatic carbocycles. The van der Waals surface area contributed by atoms with Crippen LogP contribution in [0.5, 0.6) is 5.75 Å². The van der Waals surface area contributed by atoms with Crippen molar-refractivity contribution >= 4 is 11.7 Å². The summed E-state index contributed by atoms with van der Waals surface area (Å²) in [5.74, 6) is 1.73. The maximum absolute atomic E-state index is 12.7. The number of rotatable bonds is 3. The molecule has 0 bridgehead atoms. The van der Waals surface area contributed by atoms with E-state index in [4.69, 9.17) is 4.74 Å². The van der Waals surface area contributed by atoms with Gasteiger partial charge in [-0.15, -0.1) is 5.10 Å². The molecule has 1 atom stereocenters. The van der Waals surface area contributed by atoms with Crippen molar-refractivity contribution in [3.8, 4) is 5.75 Å². The Kier molecular flexibility index (Phi) is 4.02. The number of nitrogens with one attached hydrogen (secondary N) is 1. The number of hydrogen-bond acceptors (Lipinski definition) is 5. The van der Waals surface area contributed by atoms with E-state index in [0.29, 0.717) is 12.5 Å². The Morgan fingerprint density at radius 3 is 2.75 bits per heavy atom. The van der Waals surface area contributed by atoms with Crippen LogP contribution in [0.15, 0.2) is 42.6 Å². The zero-order valence-electron chi connectivity index (χ0n) is 13.4. The van der Waals surface area contributed by atoms with E-state index in [1.807, 2.05) is 41.3 Å². The average molecular weight is 324 g/mol. The molecule has 2 aliphatic rings. The molecule has 1 aromatic heterocycles. The van der Waals surface area contributed by atoms with Crippen LogP contribution < -0.4 is 10.1 Å². The third-order valence-electron chi connectivity index (χ3n) is 4.65. The minimum Gasteiger partial charge on any atom is -0.480 e. The van der Waals surface area contributed by atoms with Gasteiger partial charge in [0.2, 0.25) is 0 Å². The molecule has 6 nitrogen and oxygen atoms in total. The molecule has 1 N–H and O–H groups in total. The summed E-state index contributed by atoms with van der Waals surface area (Å²) in [7, 11) is 0. The fraction of sp³-hybridized carbons (Fsp3) is 0.389. The number of likely N-dealkylation sites (tertiary alicyclic amines) is 1. The van der Waals surface area contributed by atoms with Gasteiger partial charge >= 0.3 is 0 Å². The van der Waals surface area contributed by atoms with Gasteiger partial charge in [-0.25, -0.2) is 0 Å². The van der Waals surface area contributed by atoms with Crippen LogP contribution in [-0.4, -0.2) is 46.2 Å². The minimum absolute atomic E-state index is 0.101. The number of amides is 1. The van der Waals surface area contributed by atoms with Crippen molar-refractivity contribution in [3.05, 3.63) is 48.2 Å². The molecule has 2 aliphatic heterocycles. The lowest BCUT2D eigenvalue weighted by molar-refractivity contribution is -0.138. The molecule has 4 rings (SSSR count). The molecular weight excluding hydrogens is 304 g/mol. The Balaban J connectivity index is 1.31. The molecule has 1 unspecified atom stereocenters. The highest BCUT2D eigenvalue weighted by atomic mass is 16.5. The van der Waals surface area contributed by atoms with Crippen molar-refractivity contribution in [3.63, 3.8) is 0 Å². The highest BCUT2D eigenvalue weighted by Crippen LogP contribution is 2.29. The van der Waals surface area contributed by atoms with Crippen molar-refractivity contribution in [1.29, 1.82) is 0 Å². The third-order valence-corrected chi connectivity index (χ3v) is 4.65. The zero-order valence-corrected chi connectivity index (χ0v) is 13.4. The fourth-order valence-electron chi connectivity index (χ4n) is 3.36. The number of aromatic nitrogens is 2. The molecule has 6 heteroatoms. The molecule has 3 heterocycles. The zero-order chi connectivity index (χ0) is 16.4. The molecule has 1 amide bonds. The van der Waals surface area contributed by atoms with E-state index >= 15 is 0 Å². The van der Waals surface area contributed by atoms with Crippen molar-refractivity contribution < 1.29 is 9.53 Å². The summed E-state index contributed by atoms with van der Waals surface area (Å²) in [5, 5.41) is 11.3. The second-order valence-electron chi connectivity index (χ2n) is 6.27. The molecule has 1 saturated heterocycles. The van der Waals surface area contributed by atoms with Gasteiger partial charge in [-0.3, -0.25) is 4.79 Å². The van der Waals surface area contributed by atoms with Gasteiger partial charge in [0.15, 0.2) is 6.10 Å². The van der Waals surface area contributed by atoms with E-state index in [-0.39, 0.29) is 12.0 Å². The van der Waals surface area contributed by atoms with Gasteiger partial charge in [0.05, 0.1) is 0 Å². The van der Waals surface area contributed by atoms with Crippen molar-refractivity contribution in [1.82, 2.24) is 15.1 Å². The van der Waals surface area contributed by atoms with Gasteiger partial charge in [-0.05, 0) is 36.6 Å². The van der Waals surface area contributed by atoms with E-state index in [0.717, 1.165) is 43.1 Å². The minimum atomic E-state index is -0.369. The second kappa shape index (κ2) is 6.47. The summed E-state index contributed by atoms with van der Waals surface area (Å²) in [6.07, 6.45) is 3.77. The average Bonchev–Trinajstić information content (AvgIpc) is 3.07. The molecule has 24 heavy (non-hydrogen) atoms. The quantitative estimate of drug-likeness (QED) is 0.934. The first kappa shape index (κ1) is 14.9. The van der Waals surface area contributed by atoms with Crippen LogP contribution in [0.3, 0.4) is 0 Å².